The number of benzene rings is 2. The molecule has 2 aromatic carbocycles. The fourth-order valence-corrected chi connectivity index (χ4v) is 3.35. The maximum absolute atomic E-state index is 13.7. The molecule has 1 aliphatic rings. The Bertz CT molecular complexity index is 789. The minimum atomic E-state index is -0.439. The largest absolute Gasteiger partial charge is 0.325 e. The second-order valence-electron chi connectivity index (χ2n) is 6.88. The predicted octanol–water partition coefficient (Wildman–Crippen LogP) is 4.34. The third-order valence-corrected chi connectivity index (χ3v) is 5.10. The number of anilines is 2. The van der Waals surface area contributed by atoms with E-state index in [0.29, 0.717) is 13.1 Å². The van der Waals surface area contributed by atoms with E-state index in [9.17, 15) is 14.0 Å². The summed E-state index contributed by atoms with van der Waals surface area (Å²) < 4.78 is 13.7. The number of amides is 3. The maximum Gasteiger partial charge on any atom is 0.321 e. The lowest BCUT2D eigenvalue weighted by molar-refractivity contribution is -0.121. The number of carbonyl (C=O) groups is 2. The van der Waals surface area contributed by atoms with Gasteiger partial charge in [-0.05, 0) is 43.0 Å². The summed E-state index contributed by atoms with van der Waals surface area (Å²) in [5.41, 5.74) is 0.969. The summed E-state index contributed by atoms with van der Waals surface area (Å²) in [6, 6.07) is 15.4. The Hall–Kier alpha value is -2.89. The summed E-state index contributed by atoms with van der Waals surface area (Å²) in [6.07, 6.45) is 1.49. The predicted molar refractivity (Wildman–Crippen MR) is 104 cm³/mol. The van der Waals surface area contributed by atoms with E-state index in [2.05, 4.69) is 10.6 Å². The summed E-state index contributed by atoms with van der Waals surface area (Å²) in [4.78, 5) is 26.6. The Balaban J connectivity index is 1.50. The number of piperidine rings is 1. The van der Waals surface area contributed by atoms with Gasteiger partial charge in [0.2, 0.25) is 5.91 Å². The van der Waals surface area contributed by atoms with E-state index >= 15 is 0 Å². The molecule has 0 spiro atoms. The summed E-state index contributed by atoms with van der Waals surface area (Å²) in [6.45, 7) is 3.06. The van der Waals surface area contributed by atoms with Crippen molar-refractivity contribution in [1.29, 1.82) is 0 Å². The SMILES string of the molecule is CC(C(=O)Nc1ccccc1F)C1CCN(C(=O)Nc2ccccc2)CC1. The van der Waals surface area contributed by atoms with Gasteiger partial charge in [0.25, 0.3) is 0 Å². The fraction of sp³-hybridized carbons (Fsp3) is 0.333. The number of hydrogen-bond acceptors (Lipinski definition) is 2. The Morgan fingerprint density at radius 1 is 1.00 bits per heavy atom. The van der Waals surface area contributed by atoms with Gasteiger partial charge in [-0.25, -0.2) is 9.18 Å². The molecular weight excluding hydrogens is 345 g/mol. The molecule has 5 nitrogen and oxygen atoms in total. The average molecular weight is 369 g/mol. The Morgan fingerprint density at radius 3 is 2.30 bits per heavy atom. The smallest absolute Gasteiger partial charge is 0.321 e. The van der Waals surface area contributed by atoms with E-state index in [-0.39, 0.29) is 29.5 Å². The van der Waals surface area contributed by atoms with Gasteiger partial charge in [0.05, 0.1) is 5.69 Å². The van der Waals surface area contributed by atoms with Gasteiger partial charge in [0.15, 0.2) is 0 Å². The monoisotopic (exact) mass is 369 g/mol. The van der Waals surface area contributed by atoms with Crippen LogP contribution in [0.1, 0.15) is 19.8 Å². The summed E-state index contributed by atoms with van der Waals surface area (Å²) in [5, 5.41) is 5.55. The van der Waals surface area contributed by atoms with Crippen molar-refractivity contribution < 1.29 is 14.0 Å². The van der Waals surface area contributed by atoms with E-state index in [1.165, 1.54) is 6.07 Å². The maximum atomic E-state index is 13.7. The van der Waals surface area contributed by atoms with Crippen LogP contribution >= 0.6 is 0 Å². The highest BCUT2D eigenvalue weighted by atomic mass is 19.1. The van der Waals surface area contributed by atoms with Gasteiger partial charge in [-0.2, -0.15) is 0 Å². The van der Waals surface area contributed by atoms with Crippen LogP contribution in [0.4, 0.5) is 20.6 Å². The number of nitrogens with one attached hydrogen (secondary N) is 2. The molecule has 0 aromatic heterocycles. The van der Waals surface area contributed by atoms with Gasteiger partial charge < -0.3 is 15.5 Å². The third kappa shape index (κ3) is 4.84. The number of likely N-dealkylation sites (tertiary alicyclic amines) is 1. The minimum Gasteiger partial charge on any atom is -0.325 e. The van der Waals surface area contributed by atoms with Crippen LogP contribution in [-0.4, -0.2) is 29.9 Å². The van der Waals surface area contributed by atoms with Gasteiger partial charge in [-0.3, -0.25) is 4.79 Å². The van der Waals surface area contributed by atoms with Gasteiger partial charge in [-0.15, -0.1) is 0 Å². The van der Waals surface area contributed by atoms with Crippen LogP contribution in [0.3, 0.4) is 0 Å². The molecule has 6 heteroatoms. The van der Waals surface area contributed by atoms with Crippen molar-refractivity contribution in [2.45, 2.75) is 19.8 Å². The second kappa shape index (κ2) is 8.66. The molecule has 2 aromatic rings. The number of hydrogen-bond donors (Lipinski definition) is 2. The molecule has 142 valence electrons. The lowest BCUT2D eigenvalue weighted by Gasteiger charge is -2.34. The summed E-state index contributed by atoms with van der Waals surface area (Å²) >= 11 is 0. The number of halogens is 1. The minimum absolute atomic E-state index is 0.122. The van der Waals surface area contributed by atoms with Crippen LogP contribution in [-0.2, 0) is 4.79 Å². The molecule has 1 unspecified atom stereocenters. The zero-order chi connectivity index (χ0) is 19.2. The van der Waals surface area contributed by atoms with E-state index in [1.807, 2.05) is 37.3 Å². The van der Waals surface area contributed by atoms with Crippen molar-refractivity contribution in [1.82, 2.24) is 4.90 Å². The number of urea groups is 1. The van der Waals surface area contributed by atoms with Crippen LogP contribution in [0.2, 0.25) is 0 Å². The van der Waals surface area contributed by atoms with Crippen molar-refractivity contribution in [3.8, 4) is 0 Å². The highest BCUT2D eigenvalue weighted by molar-refractivity contribution is 5.92. The molecule has 0 aliphatic carbocycles. The average Bonchev–Trinajstić information content (AvgIpc) is 2.70. The van der Waals surface area contributed by atoms with Crippen LogP contribution in [0.5, 0.6) is 0 Å². The van der Waals surface area contributed by atoms with Crippen molar-refractivity contribution >= 4 is 23.3 Å². The molecule has 0 saturated carbocycles. The first kappa shape index (κ1) is 18.9. The number of para-hydroxylation sites is 2. The fourth-order valence-electron chi connectivity index (χ4n) is 3.35. The topological polar surface area (TPSA) is 61.4 Å². The molecule has 3 rings (SSSR count). The number of carbonyl (C=O) groups excluding carboxylic acids is 2. The van der Waals surface area contributed by atoms with E-state index < -0.39 is 5.82 Å². The van der Waals surface area contributed by atoms with Crippen LogP contribution in [0, 0.1) is 17.7 Å². The number of rotatable bonds is 4. The molecule has 1 saturated heterocycles. The Kier molecular flexibility index (Phi) is 6.06. The van der Waals surface area contributed by atoms with Gasteiger partial charge in [-0.1, -0.05) is 37.3 Å². The zero-order valence-electron chi connectivity index (χ0n) is 15.3. The van der Waals surface area contributed by atoms with E-state index in [1.54, 1.807) is 23.1 Å². The Morgan fingerprint density at radius 2 is 1.63 bits per heavy atom. The first-order chi connectivity index (χ1) is 13.0. The molecule has 0 radical (unpaired) electrons. The molecule has 27 heavy (non-hydrogen) atoms. The molecule has 1 aliphatic heterocycles. The Labute approximate surface area is 158 Å². The van der Waals surface area contributed by atoms with Crippen molar-refractivity contribution in [2.24, 2.45) is 11.8 Å². The standard InChI is InChI=1S/C21H24FN3O2/c1-15(20(26)24-19-10-6-5-9-18(19)22)16-11-13-25(14-12-16)21(27)23-17-7-3-2-4-8-17/h2-10,15-16H,11-14H2,1H3,(H,23,27)(H,24,26). The van der Waals surface area contributed by atoms with E-state index in [0.717, 1.165) is 18.5 Å². The zero-order valence-corrected chi connectivity index (χ0v) is 15.3. The normalized spacial score (nSPS) is 15.9. The van der Waals surface area contributed by atoms with Crippen LogP contribution in [0.25, 0.3) is 0 Å². The first-order valence-corrected chi connectivity index (χ1v) is 9.21. The van der Waals surface area contributed by atoms with Crippen LogP contribution in [0.15, 0.2) is 54.6 Å². The lowest BCUT2D eigenvalue weighted by Crippen LogP contribution is -2.43. The van der Waals surface area contributed by atoms with Crippen molar-refractivity contribution in [3.63, 3.8) is 0 Å². The van der Waals surface area contributed by atoms with E-state index in [4.69, 9.17) is 0 Å². The molecule has 2 N–H and O–H groups in total. The summed E-state index contributed by atoms with van der Waals surface area (Å²) in [7, 11) is 0. The van der Waals surface area contributed by atoms with Gasteiger partial charge in [0, 0.05) is 24.7 Å². The van der Waals surface area contributed by atoms with Crippen molar-refractivity contribution in [3.05, 3.63) is 60.4 Å². The van der Waals surface area contributed by atoms with Gasteiger partial charge >= 0.3 is 6.03 Å². The molecule has 1 fully saturated rings. The van der Waals surface area contributed by atoms with Gasteiger partial charge in [0.1, 0.15) is 5.82 Å². The molecular formula is C21H24FN3O2. The van der Waals surface area contributed by atoms with Crippen molar-refractivity contribution in [2.75, 3.05) is 23.7 Å². The quantitative estimate of drug-likeness (QED) is 0.842. The molecule has 3 amide bonds. The lowest BCUT2D eigenvalue weighted by atomic mass is 9.85. The highest BCUT2D eigenvalue weighted by Gasteiger charge is 2.30. The first-order valence-electron chi connectivity index (χ1n) is 9.21. The number of nitrogens with zero attached hydrogens (tertiary/aromatic N) is 1. The summed E-state index contributed by atoms with van der Waals surface area (Å²) in [5.74, 6) is -0.709. The van der Waals surface area contributed by atoms with Crippen LogP contribution < -0.4 is 10.6 Å². The second-order valence-corrected chi connectivity index (χ2v) is 6.88. The highest BCUT2D eigenvalue weighted by Crippen LogP contribution is 2.27. The molecule has 1 atom stereocenters. The third-order valence-electron chi connectivity index (χ3n) is 5.10. The molecule has 1 heterocycles. The molecule has 0 bridgehead atoms.